The third-order valence-electron chi connectivity index (χ3n) is 1.35. The number of methoxy groups -OCH3 is 1. The third-order valence-corrected chi connectivity index (χ3v) is 2.25. The minimum Gasteiger partial charge on any atom is -0.465 e. The number of hydrogen-bond acceptors (Lipinski definition) is 2. The molecule has 0 radical (unpaired) electrons. The zero-order valence-corrected chi connectivity index (χ0v) is 8.46. The van der Waals surface area contributed by atoms with E-state index in [-0.39, 0.29) is 5.56 Å². The van der Waals surface area contributed by atoms with Gasteiger partial charge in [-0.15, -0.1) is 0 Å². The van der Waals surface area contributed by atoms with Crippen LogP contribution in [-0.4, -0.2) is 13.1 Å². The van der Waals surface area contributed by atoms with E-state index in [1.54, 1.807) is 12.1 Å². The number of ether oxygens (including phenoxy) is 1. The maximum atomic E-state index is 13.0. The van der Waals surface area contributed by atoms with E-state index in [0.717, 1.165) is 0 Å². The normalized spacial score (nSPS) is 9.58. The molecule has 0 fully saturated rings. The van der Waals surface area contributed by atoms with Crippen LogP contribution in [0.15, 0.2) is 18.2 Å². The van der Waals surface area contributed by atoms with Gasteiger partial charge in [-0.2, -0.15) is 0 Å². The van der Waals surface area contributed by atoms with Crippen LogP contribution < -0.4 is 0 Å². The van der Waals surface area contributed by atoms with Gasteiger partial charge in [0.1, 0.15) is 11.4 Å². The molecule has 0 aliphatic rings. The van der Waals surface area contributed by atoms with E-state index < -0.39 is 11.8 Å². The number of rotatable bonds is 1. The molecule has 0 saturated carbocycles. The fraction of sp³-hybridized carbons (Fsp3) is 0.125. The van der Waals surface area contributed by atoms with E-state index in [1.165, 1.54) is 13.2 Å². The zero-order chi connectivity index (χ0) is 9.14. The number of carbonyl (C=O) groups is 1. The largest absolute Gasteiger partial charge is 0.465 e. The van der Waals surface area contributed by atoms with E-state index >= 15 is 0 Å². The summed E-state index contributed by atoms with van der Waals surface area (Å²) in [6.45, 7) is 0. The Morgan fingerprint density at radius 3 is 2.75 bits per heavy atom. The van der Waals surface area contributed by atoms with Gasteiger partial charge < -0.3 is 4.74 Å². The van der Waals surface area contributed by atoms with Crippen LogP contribution in [0.25, 0.3) is 0 Å². The molecule has 64 valence electrons. The van der Waals surface area contributed by atoms with Crippen LogP contribution in [0.3, 0.4) is 0 Å². The van der Waals surface area contributed by atoms with Crippen molar-refractivity contribution in [2.45, 2.75) is 0 Å². The first-order valence-corrected chi connectivity index (χ1v) is 4.27. The van der Waals surface area contributed by atoms with Crippen molar-refractivity contribution in [2.75, 3.05) is 7.11 Å². The molecule has 0 saturated heterocycles. The summed E-state index contributed by atoms with van der Waals surface area (Å²) >= 11 is 1.88. The molecule has 0 spiro atoms. The van der Waals surface area contributed by atoms with E-state index in [2.05, 4.69) is 4.74 Å². The summed E-state index contributed by atoms with van der Waals surface area (Å²) in [6, 6.07) is 4.42. The van der Waals surface area contributed by atoms with Crippen LogP contribution in [-0.2, 0) is 4.74 Å². The Bertz CT molecular complexity index is 292. The van der Waals surface area contributed by atoms with E-state index in [9.17, 15) is 9.18 Å². The summed E-state index contributed by atoms with van der Waals surface area (Å²) < 4.78 is 18.0. The van der Waals surface area contributed by atoms with Gasteiger partial charge in [-0.25, -0.2) is 9.18 Å². The Balaban J connectivity index is 3.21. The minimum absolute atomic E-state index is 0.000556. The van der Waals surface area contributed by atoms with Gasteiger partial charge in [0.2, 0.25) is 0 Å². The summed E-state index contributed by atoms with van der Waals surface area (Å²) in [4.78, 5) is 11.0. The molecule has 0 N–H and O–H groups in total. The van der Waals surface area contributed by atoms with Gasteiger partial charge in [-0.3, -0.25) is 0 Å². The van der Waals surface area contributed by atoms with Gasteiger partial charge in [0.05, 0.1) is 7.11 Å². The fourth-order valence-corrected chi connectivity index (χ4v) is 1.48. The molecule has 0 amide bonds. The molecule has 0 unspecified atom stereocenters. The highest BCUT2D eigenvalue weighted by molar-refractivity contribution is 14.1. The van der Waals surface area contributed by atoms with Crippen molar-refractivity contribution in [3.05, 3.63) is 33.1 Å². The molecule has 0 atom stereocenters. The standard InChI is InChI=1S/C8H6FIO2/c1-12-8(11)7-5(9)3-2-4-6(7)10/h2-4H,1H3. The predicted octanol–water partition coefficient (Wildman–Crippen LogP) is 2.22. The van der Waals surface area contributed by atoms with Crippen molar-refractivity contribution in [3.63, 3.8) is 0 Å². The topological polar surface area (TPSA) is 26.3 Å². The lowest BCUT2D eigenvalue weighted by Gasteiger charge is -2.02. The first-order valence-electron chi connectivity index (χ1n) is 3.19. The lowest BCUT2D eigenvalue weighted by Crippen LogP contribution is -2.06. The van der Waals surface area contributed by atoms with Gasteiger partial charge in [-0.05, 0) is 34.7 Å². The molecular weight excluding hydrogens is 274 g/mol. The van der Waals surface area contributed by atoms with Crippen molar-refractivity contribution >= 4 is 28.6 Å². The Hall–Kier alpha value is -0.650. The molecule has 12 heavy (non-hydrogen) atoms. The molecule has 1 aromatic carbocycles. The number of esters is 1. The Morgan fingerprint density at radius 2 is 2.25 bits per heavy atom. The summed E-state index contributed by atoms with van der Waals surface area (Å²) in [5.41, 5.74) is 0.000556. The molecule has 1 aromatic rings. The second-order valence-electron chi connectivity index (χ2n) is 2.09. The Morgan fingerprint density at radius 1 is 1.58 bits per heavy atom. The Labute approximate surface area is 82.9 Å². The van der Waals surface area contributed by atoms with Crippen molar-refractivity contribution in [1.29, 1.82) is 0 Å². The number of benzene rings is 1. The summed E-state index contributed by atoms with van der Waals surface area (Å²) in [7, 11) is 1.23. The highest BCUT2D eigenvalue weighted by Crippen LogP contribution is 2.16. The van der Waals surface area contributed by atoms with Crippen LogP contribution in [0.4, 0.5) is 4.39 Å². The zero-order valence-electron chi connectivity index (χ0n) is 6.30. The van der Waals surface area contributed by atoms with Crippen LogP contribution in [0, 0.1) is 9.39 Å². The second-order valence-corrected chi connectivity index (χ2v) is 3.25. The second kappa shape index (κ2) is 3.84. The predicted molar refractivity (Wildman–Crippen MR) is 50.5 cm³/mol. The monoisotopic (exact) mass is 280 g/mol. The SMILES string of the molecule is COC(=O)c1c(F)cccc1I. The molecule has 2 nitrogen and oxygen atoms in total. The number of carbonyl (C=O) groups excluding carboxylic acids is 1. The van der Waals surface area contributed by atoms with Crippen LogP contribution in [0.2, 0.25) is 0 Å². The molecule has 4 heteroatoms. The maximum Gasteiger partial charge on any atom is 0.341 e. The van der Waals surface area contributed by atoms with Gasteiger partial charge in [-0.1, -0.05) is 6.07 Å². The average molecular weight is 280 g/mol. The summed E-state index contributed by atoms with van der Waals surface area (Å²) in [5, 5.41) is 0. The lowest BCUT2D eigenvalue weighted by atomic mass is 10.2. The number of hydrogen-bond donors (Lipinski definition) is 0. The lowest BCUT2D eigenvalue weighted by molar-refractivity contribution is 0.0594. The van der Waals surface area contributed by atoms with Crippen LogP contribution in [0.5, 0.6) is 0 Å². The van der Waals surface area contributed by atoms with Crippen LogP contribution >= 0.6 is 22.6 Å². The molecule has 1 rings (SSSR count). The quantitative estimate of drug-likeness (QED) is 0.582. The molecule has 0 aliphatic carbocycles. The van der Waals surface area contributed by atoms with Crippen molar-refractivity contribution in [3.8, 4) is 0 Å². The van der Waals surface area contributed by atoms with E-state index in [0.29, 0.717) is 3.57 Å². The highest BCUT2D eigenvalue weighted by Gasteiger charge is 2.14. The van der Waals surface area contributed by atoms with Gasteiger partial charge >= 0.3 is 5.97 Å². The molecule has 0 bridgehead atoms. The van der Waals surface area contributed by atoms with Crippen molar-refractivity contribution in [2.24, 2.45) is 0 Å². The summed E-state index contributed by atoms with van der Waals surface area (Å²) in [6.07, 6.45) is 0. The van der Waals surface area contributed by atoms with Crippen molar-refractivity contribution in [1.82, 2.24) is 0 Å². The maximum absolute atomic E-state index is 13.0. The van der Waals surface area contributed by atoms with Crippen LogP contribution in [0.1, 0.15) is 10.4 Å². The summed E-state index contributed by atoms with van der Waals surface area (Å²) in [5.74, 6) is -1.19. The highest BCUT2D eigenvalue weighted by atomic mass is 127. The van der Waals surface area contributed by atoms with Gasteiger partial charge in [0, 0.05) is 3.57 Å². The Kier molecular flexibility index (Phi) is 3.02. The average Bonchev–Trinajstić information content (AvgIpc) is 2.03. The smallest absolute Gasteiger partial charge is 0.341 e. The fourth-order valence-electron chi connectivity index (χ4n) is 0.795. The van der Waals surface area contributed by atoms with E-state index in [1.807, 2.05) is 22.6 Å². The molecule has 0 aliphatic heterocycles. The molecule has 0 aromatic heterocycles. The minimum atomic E-state index is -0.641. The molecular formula is C8H6FIO2. The molecule has 0 heterocycles. The first-order chi connectivity index (χ1) is 5.66. The van der Waals surface area contributed by atoms with Crippen molar-refractivity contribution < 1.29 is 13.9 Å². The van der Waals surface area contributed by atoms with Gasteiger partial charge in [0.15, 0.2) is 0 Å². The van der Waals surface area contributed by atoms with E-state index in [4.69, 9.17) is 0 Å². The van der Waals surface area contributed by atoms with Gasteiger partial charge in [0.25, 0.3) is 0 Å². The number of halogens is 2. The third kappa shape index (κ3) is 1.74. The first kappa shape index (κ1) is 9.44.